The Bertz CT molecular complexity index is 2380. The molecule has 4 aromatic rings. The van der Waals surface area contributed by atoms with Crippen molar-refractivity contribution in [1.29, 1.82) is 0 Å². The van der Waals surface area contributed by atoms with Crippen molar-refractivity contribution >= 4 is 39.8 Å². The van der Waals surface area contributed by atoms with E-state index < -0.39 is 23.9 Å². The van der Waals surface area contributed by atoms with Gasteiger partial charge in [0.25, 0.3) is 0 Å². The van der Waals surface area contributed by atoms with Gasteiger partial charge < -0.3 is 92.2 Å². The van der Waals surface area contributed by atoms with Gasteiger partial charge in [0.2, 0.25) is 0 Å². The van der Waals surface area contributed by atoms with Gasteiger partial charge in [0.1, 0.15) is 0 Å². The van der Waals surface area contributed by atoms with Gasteiger partial charge in [-0.2, -0.15) is 0 Å². The number of hydrogen-bond donors (Lipinski definition) is 4. The minimum Gasteiger partial charge on any atom is -0.870 e. The van der Waals surface area contributed by atoms with E-state index in [1.54, 1.807) is 42.5 Å². The second-order valence-electron chi connectivity index (χ2n) is 16.7. The molecule has 0 amide bonds. The van der Waals surface area contributed by atoms with E-state index in [1.807, 2.05) is 0 Å². The van der Waals surface area contributed by atoms with Crippen LogP contribution in [0.4, 0.5) is 0 Å². The zero-order valence-electron chi connectivity index (χ0n) is 48.2. The van der Waals surface area contributed by atoms with E-state index in [-0.39, 0.29) is 71.3 Å². The van der Waals surface area contributed by atoms with Crippen LogP contribution in [0.5, 0.6) is 46.0 Å². The second-order valence-corrected chi connectivity index (χ2v) is 17.5. The van der Waals surface area contributed by atoms with Crippen molar-refractivity contribution in [1.82, 2.24) is 0 Å². The molecule has 0 saturated carbocycles. The molecule has 2 atom stereocenters. The Kier molecular flexibility index (Phi) is 43.6. The number of carbonyl (C=O) groups is 4. The van der Waals surface area contributed by atoms with Crippen LogP contribution in [0.3, 0.4) is 0 Å². The first-order chi connectivity index (χ1) is 38.8. The molecule has 0 spiro atoms. The molecule has 454 valence electrons. The summed E-state index contributed by atoms with van der Waals surface area (Å²) in [4.78, 5) is 44.7. The normalized spacial score (nSPS) is 13.8. The zero-order chi connectivity index (χ0) is 58.9. The number of phenolic OH excluding ortho intramolecular Hbond substituents is 1. The molecule has 23 nitrogen and oxygen atoms in total. The van der Waals surface area contributed by atoms with Gasteiger partial charge in [0.05, 0.1) is 105 Å². The number of carbonyl (C=O) groups excluding carboxylic acids is 3. The molecule has 0 radical (unpaired) electrons. The summed E-state index contributed by atoms with van der Waals surface area (Å²) in [5, 5.41) is 35.7. The number of alkyl halides is 1. The Balaban J connectivity index is 0.00000105. The summed E-state index contributed by atoms with van der Waals surface area (Å²) in [6.07, 6.45) is 9.16. The average Bonchev–Trinajstić information content (AvgIpc) is 3.51. The molecule has 25 heteroatoms. The van der Waals surface area contributed by atoms with Gasteiger partial charge >= 0.3 is 53.4 Å². The van der Waals surface area contributed by atoms with Crippen molar-refractivity contribution in [3.63, 3.8) is 0 Å². The number of phenols is 1. The third kappa shape index (κ3) is 30.1. The van der Waals surface area contributed by atoms with Crippen LogP contribution >= 0.6 is 15.9 Å². The first-order valence-electron chi connectivity index (χ1n) is 25.8. The molecule has 2 aliphatic heterocycles. The SMILES string of the molecule is COC(=O)c1ccc(O)c(OC)c1.COC(=O)c1ccc(OCCCO)c(OC)c1.COC(=O)c1ccc(OCCCOC2CCCCO2)c(OC)c1.COc1cc(C(=O)O)ccc1OCCCOC1CCCCO1.OCCCBr.[Na+].[OH-]. The maximum atomic E-state index is 11.5. The smallest absolute Gasteiger partial charge is 0.870 e. The van der Waals surface area contributed by atoms with Gasteiger partial charge in [-0.25, -0.2) is 19.2 Å². The standard InChI is InChI=1S/C17H24O6.C16H22O6.C12H16O5.C9H10O4.C3H7BrO.Na.H2O/c1-19-15-12-13(17(18)20-2)7-8-14(15)21-10-5-11-23-16-6-3-4-9-22-16;1-19-14-11-12(16(17)18)6-7-13(14)20-9-4-10-22-15-5-2-3-8-21-15;1-15-11-8-9(12(14)16-2)4-5-10(11)17-7-3-6-13;1-12-8-5-6(9(11)13-2)3-4-7(8)10;4-2-1-3-5;;/h7-8,12,16H,3-6,9-11H2,1-2H3;6-7,11,15H,2-5,8-10H2,1H3,(H,17,18);4-5,8,13H,3,6-7H2,1-2H3;3-5,10H,1-2H3;5H,1-3H2;;1H2/q;;;;;+1;/p-1. The fourth-order valence-corrected chi connectivity index (χ4v) is 7.06. The van der Waals surface area contributed by atoms with Gasteiger partial charge in [0.15, 0.2) is 58.6 Å². The van der Waals surface area contributed by atoms with Crippen LogP contribution in [0.15, 0.2) is 72.8 Å². The number of carboxylic acid groups (broad SMARTS) is 1. The number of aliphatic hydroxyl groups excluding tert-OH is 2. The number of rotatable bonds is 26. The predicted octanol–water partition coefficient (Wildman–Crippen LogP) is 5.52. The van der Waals surface area contributed by atoms with Crippen molar-refractivity contribution in [3.05, 3.63) is 95.1 Å². The monoisotopic (exact) mass is 1230 g/mol. The van der Waals surface area contributed by atoms with E-state index in [4.69, 9.17) is 67.4 Å². The number of aliphatic hydroxyl groups is 2. The van der Waals surface area contributed by atoms with Crippen molar-refractivity contribution in [2.75, 3.05) is 115 Å². The van der Waals surface area contributed by atoms with Gasteiger partial charge in [-0.3, -0.25) is 0 Å². The number of hydrogen-bond acceptors (Lipinski definition) is 22. The molecule has 0 aliphatic carbocycles. The maximum absolute atomic E-state index is 11.5. The van der Waals surface area contributed by atoms with E-state index in [0.29, 0.717) is 97.2 Å². The minimum atomic E-state index is -0.995. The molecular formula is C57H80BrNaO23. The summed E-state index contributed by atoms with van der Waals surface area (Å²) in [5.74, 6) is 0.999. The summed E-state index contributed by atoms with van der Waals surface area (Å²) >= 11 is 3.15. The summed E-state index contributed by atoms with van der Waals surface area (Å²) in [6, 6.07) is 18.6. The Labute approximate surface area is 510 Å². The van der Waals surface area contributed by atoms with Gasteiger partial charge in [-0.1, -0.05) is 15.9 Å². The van der Waals surface area contributed by atoms with Crippen LogP contribution in [0, 0.1) is 0 Å². The summed E-state index contributed by atoms with van der Waals surface area (Å²) in [5.41, 5.74) is 1.34. The molecule has 82 heavy (non-hydrogen) atoms. The number of aromatic carboxylic acids is 1. The van der Waals surface area contributed by atoms with Crippen LogP contribution in [-0.4, -0.2) is 177 Å². The second kappa shape index (κ2) is 46.8. The number of ether oxygens (including phenoxy) is 14. The van der Waals surface area contributed by atoms with Crippen molar-refractivity contribution in [3.8, 4) is 46.0 Å². The number of benzene rings is 4. The Morgan fingerprint density at radius 2 is 0.841 bits per heavy atom. The summed E-state index contributed by atoms with van der Waals surface area (Å²) < 4.78 is 73.1. The van der Waals surface area contributed by atoms with Crippen LogP contribution in [0.1, 0.15) is 106 Å². The van der Waals surface area contributed by atoms with E-state index in [0.717, 1.165) is 76.3 Å². The molecular weight excluding hydrogens is 1160 g/mol. The predicted molar refractivity (Wildman–Crippen MR) is 299 cm³/mol. The summed E-state index contributed by atoms with van der Waals surface area (Å²) in [6.45, 7) is 4.45. The number of esters is 3. The topological polar surface area (TPSA) is 308 Å². The Morgan fingerprint density at radius 1 is 0.488 bits per heavy atom. The first kappa shape index (κ1) is 76.4. The third-order valence-electron chi connectivity index (χ3n) is 11.0. The number of methoxy groups -OCH3 is 7. The molecule has 2 fully saturated rings. The fraction of sp³-hybridized carbons (Fsp3) is 0.509. The molecule has 5 N–H and O–H groups in total. The van der Waals surface area contributed by atoms with Gasteiger partial charge in [0, 0.05) is 51.0 Å². The zero-order valence-corrected chi connectivity index (χ0v) is 51.8. The van der Waals surface area contributed by atoms with Crippen LogP contribution in [-0.2, 0) is 33.2 Å². The molecule has 0 bridgehead atoms. The quantitative estimate of drug-likeness (QED) is 0.0198. The van der Waals surface area contributed by atoms with Crippen molar-refractivity contribution in [2.45, 2.75) is 76.8 Å². The third-order valence-corrected chi connectivity index (χ3v) is 11.6. The number of halogens is 1. The van der Waals surface area contributed by atoms with Crippen LogP contribution in [0.25, 0.3) is 0 Å². The molecule has 0 aromatic heterocycles. The molecule has 4 aromatic carbocycles. The molecule has 2 heterocycles. The van der Waals surface area contributed by atoms with E-state index in [1.165, 1.54) is 80.1 Å². The molecule has 2 aliphatic rings. The van der Waals surface area contributed by atoms with Crippen molar-refractivity contribution in [2.24, 2.45) is 0 Å². The van der Waals surface area contributed by atoms with E-state index >= 15 is 0 Å². The molecule has 2 unspecified atom stereocenters. The van der Waals surface area contributed by atoms with E-state index in [2.05, 4.69) is 30.1 Å². The Hall–Kier alpha value is -5.64. The van der Waals surface area contributed by atoms with E-state index in [9.17, 15) is 24.3 Å². The molecule has 2 saturated heterocycles. The minimum absolute atomic E-state index is 0. The molecule has 6 rings (SSSR count). The first-order valence-corrected chi connectivity index (χ1v) is 26.9. The fourth-order valence-electron chi connectivity index (χ4n) is 6.81. The number of carboxylic acids is 1. The van der Waals surface area contributed by atoms with Crippen molar-refractivity contribution < 1.29 is 141 Å². The van der Waals surface area contributed by atoms with Crippen LogP contribution < -0.4 is 62.7 Å². The Morgan fingerprint density at radius 3 is 1.16 bits per heavy atom. The average molecular weight is 1240 g/mol. The maximum Gasteiger partial charge on any atom is 1.00 e. The number of aromatic hydroxyl groups is 1. The van der Waals surface area contributed by atoms with Gasteiger partial charge in [-0.15, -0.1) is 0 Å². The van der Waals surface area contributed by atoms with Gasteiger partial charge in [-0.05, 0) is 118 Å². The van der Waals surface area contributed by atoms with Crippen LogP contribution in [0.2, 0.25) is 0 Å². The summed E-state index contributed by atoms with van der Waals surface area (Å²) in [7, 11) is 9.88. The largest absolute Gasteiger partial charge is 1.00 e.